The molecule has 0 aromatic heterocycles. The number of hydrogen-bond acceptors (Lipinski definition) is 0. The van der Waals surface area contributed by atoms with Crippen molar-refractivity contribution in [1.82, 2.24) is 0 Å². The maximum Gasteiger partial charge on any atom is 0.0257 e. The summed E-state index contributed by atoms with van der Waals surface area (Å²) in [5.41, 5.74) is 6.72. The van der Waals surface area contributed by atoms with Crippen LogP contribution in [0.15, 0.2) is 46.9 Å². The monoisotopic (exact) mass is 298 g/mol. The summed E-state index contributed by atoms with van der Waals surface area (Å²) in [4.78, 5) is 0. The lowest BCUT2D eigenvalue weighted by molar-refractivity contribution is 0.991. The largest absolute Gasteiger partial charge is 0.0766 e. The van der Waals surface area contributed by atoms with Gasteiger partial charge in [0.25, 0.3) is 0 Å². The third kappa shape index (κ3) is 1.83. The van der Waals surface area contributed by atoms with Crippen LogP contribution < -0.4 is 0 Å². The van der Waals surface area contributed by atoms with Crippen molar-refractivity contribution in [2.24, 2.45) is 0 Å². The third-order valence-electron chi connectivity index (χ3n) is 3.59. The van der Waals surface area contributed by atoms with E-state index >= 15 is 0 Å². The molecule has 1 heteroatoms. The van der Waals surface area contributed by atoms with Crippen LogP contribution in [-0.4, -0.2) is 0 Å². The van der Waals surface area contributed by atoms with Crippen LogP contribution in [-0.2, 0) is 0 Å². The van der Waals surface area contributed by atoms with Gasteiger partial charge in [0.05, 0.1) is 0 Å². The Bertz CT molecular complexity index is 621. The zero-order valence-corrected chi connectivity index (χ0v) is 12.2. The van der Waals surface area contributed by atoms with Gasteiger partial charge in [0, 0.05) is 16.0 Å². The van der Waals surface area contributed by atoms with Crippen LogP contribution in [0, 0.1) is 6.92 Å². The highest BCUT2D eigenvalue weighted by Gasteiger charge is 2.20. The van der Waals surface area contributed by atoms with E-state index in [1.165, 1.54) is 32.3 Å². The molecule has 0 saturated heterocycles. The van der Waals surface area contributed by atoms with Gasteiger partial charge in [-0.2, -0.15) is 0 Å². The maximum absolute atomic E-state index is 3.70. The van der Waals surface area contributed by atoms with Crippen molar-refractivity contribution >= 4 is 22.0 Å². The first-order chi connectivity index (χ1) is 8.66. The third-order valence-corrected chi connectivity index (χ3v) is 4.25. The van der Waals surface area contributed by atoms with Crippen LogP contribution in [0.1, 0.15) is 29.5 Å². The van der Waals surface area contributed by atoms with Crippen LogP contribution in [0.25, 0.3) is 17.2 Å². The van der Waals surface area contributed by atoms with E-state index in [1.807, 2.05) is 0 Å². The van der Waals surface area contributed by atoms with Crippen molar-refractivity contribution < 1.29 is 0 Å². The average Bonchev–Trinajstić information content (AvgIpc) is 2.73. The second-order valence-electron chi connectivity index (χ2n) is 4.94. The van der Waals surface area contributed by atoms with Crippen LogP contribution in [0.4, 0.5) is 0 Å². The fraction of sp³-hybridized carbons (Fsp3) is 0.176. The van der Waals surface area contributed by atoms with E-state index < -0.39 is 0 Å². The lowest BCUT2D eigenvalue weighted by Gasteiger charge is -2.15. The number of allylic oxidation sites excluding steroid dienone is 1. The van der Waals surface area contributed by atoms with Gasteiger partial charge < -0.3 is 0 Å². The summed E-state index contributed by atoms with van der Waals surface area (Å²) in [5, 5.41) is 0. The van der Waals surface area contributed by atoms with Gasteiger partial charge in [0.2, 0.25) is 0 Å². The normalized spacial score (nSPS) is 16.9. The zero-order chi connectivity index (χ0) is 12.7. The lowest BCUT2D eigenvalue weighted by atomic mass is 9.91. The first-order valence-corrected chi connectivity index (χ1v) is 7.04. The van der Waals surface area contributed by atoms with E-state index in [0.29, 0.717) is 5.92 Å². The number of halogens is 1. The molecule has 1 unspecified atom stereocenters. The zero-order valence-electron chi connectivity index (χ0n) is 10.6. The molecule has 0 radical (unpaired) electrons. The Morgan fingerprint density at radius 1 is 1.00 bits per heavy atom. The molecule has 18 heavy (non-hydrogen) atoms. The minimum Gasteiger partial charge on any atom is -0.0766 e. The first kappa shape index (κ1) is 11.7. The fourth-order valence-corrected chi connectivity index (χ4v) is 3.18. The molecule has 0 N–H and O–H groups in total. The average molecular weight is 299 g/mol. The van der Waals surface area contributed by atoms with E-state index in [4.69, 9.17) is 0 Å². The summed E-state index contributed by atoms with van der Waals surface area (Å²) in [5.74, 6) is 0.494. The molecule has 0 nitrogen and oxygen atoms in total. The highest BCUT2D eigenvalue weighted by molar-refractivity contribution is 9.10. The Morgan fingerprint density at radius 2 is 1.72 bits per heavy atom. The molecule has 0 fully saturated rings. The van der Waals surface area contributed by atoms with Gasteiger partial charge >= 0.3 is 0 Å². The molecule has 0 spiro atoms. The quantitative estimate of drug-likeness (QED) is 0.647. The molecule has 0 bridgehead atoms. The number of hydrogen-bond donors (Lipinski definition) is 0. The van der Waals surface area contributed by atoms with Crippen molar-refractivity contribution in [1.29, 1.82) is 0 Å². The van der Waals surface area contributed by atoms with E-state index in [-0.39, 0.29) is 0 Å². The molecule has 1 aliphatic carbocycles. The van der Waals surface area contributed by atoms with Crippen LogP contribution in [0.3, 0.4) is 0 Å². The molecular formula is C17H15Br. The van der Waals surface area contributed by atoms with Crippen molar-refractivity contribution in [3.63, 3.8) is 0 Å². The minimum atomic E-state index is 0.494. The van der Waals surface area contributed by atoms with Crippen LogP contribution in [0.5, 0.6) is 0 Å². The molecule has 0 saturated carbocycles. The van der Waals surface area contributed by atoms with E-state index in [2.05, 4.69) is 78.3 Å². The molecule has 3 rings (SSSR count). The molecule has 2 aromatic carbocycles. The van der Waals surface area contributed by atoms with Crippen LogP contribution >= 0.6 is 15.9 Å². The lowest BCUT2D eigenvalue weighted by Crippen LogP contribution is -1.94. The summed E-state index contributed by atoms with van der Waals surface area (Å²) >= 11 is 3.70. The first-order valence-electron chi connectivity index (χ1n) is 6.24. The standard InChI is InChI=1S/C17H15Br/c1-11-3-6-14(7-4-11)17-15(18)10-9-13-8-5-12(2)16(13)17/h3-10,12H,1-2H3. The van der Waals surface area contributed by atoms with E-state index in [9.17, 15) is 0 Å². The predicted octanol–water partition coefficient (Wildman–Crippen LogP) is 5.55. The van der Waals surface area contributed by atoms with Crippen molar-refractivity contribution in [2.45, 2.75) is 19.8 Å². The van der Waals surface area contributed by atoms with E-state index in [0.717, 1.165) is 0 Å². The van der Waals surface area contributed by atoms with Crippen molar-refractivity contribution in [2.75, 3.05) is 0 Å². The molecule has 0 heterocycles. The van der Waals surface area contributed by atoms with Gasteiger partial charge in [-0.15, -0.1) is 0 Å². The highest BCUT2D eigenvalue weighted by atomic mass is 79.9. The molecule has 0 amide bonds. The summed E-state index contributed by atoms with van der Waals surface area (Å²) in [6.45, 7) is 4.38. The summed E-state index contributed by atoms with van der Waals surface area (Å²) in [6, 6.07) is 13.1. The number of rotatable bonds is 1. The second-order valence-corrected chi connectivity index (χ2v) is 5.79. The van der Waals surface area contributed by atoms with Gasteiger partial charge in [-0.3, -0.25) is 0 Å². The van der Waals surface area contributed by atoms with Gasteiger partial charge in [-0.05, 0) is 29.7 Å². The van der Waals surface area contributed by atoms with Crippen molar-refractivity contribution in [3.05, 3.63) is 63.6 Å². The Kier molecular flexibility index (Phi) is 2.87. The predicted molar refractivity (Wildman–Crippen MR) is 81.8 cm³/mol. The van der Waals surface area contributed by atoms with Crippen LogP contribution in [0.2, 0.25) is 0 Å². The summed E-state index contributed by atoms with van der Waals surface area (Å²) in [7, 11) is 0. The minimum absolute atomic E-state index is 0.494. The van der Waals surface area contributed by atoms with Gasteiger partial charge in [-0.25, -0.2) is 0 Å². The smallest absolute Gasteiger partial charge is 0.0257 e. The molecule has 2 aromatic rings. The van der Waals surface area contributed by atoms with Gasteiger partial charge in [0.1, 0.15) is 0 Å². The molecule has 1 aliphatic rings. The van der Waals surface area contributed by atoms with Crippen molar-refractivity contribution in [3.8, 4) is 11.1 Å². The fourth-order valence-electron chi connectivity index (χ4n) is 2.60. The maximum atomic E-state index is 3.70. The summed E-state index contributed by atoms with van der Waals surface area (Å²) < 4.78 is 1.18. The number of benzene rings is 2. The van der Waals surface area contributed by atoms with E-state index in [1.54, 1.807) is 0 Å². The Hall–Kier alpha value is -1.34. The molecule has 0 aliphatic heterocycles. The number of aryl methyl sites for hydroxylation is 1. The topological polar surface area (TPSA) is 0 Å². The highest BCUT2D eigenvalue weighted by Crippen LogP contribution is 2.41. The Balaban J connectivity index is 2.24. The van der Waals surface area contributed by atoms with Gasteiger partial charge in [-0.1, -0.05) is 70.9 Å². The SMILES string of the molecule is Cc1ccc(-c2c(Br)ccc3c2C(C)C=C3)cc1. The molecule has 90 valence electrons. The summed E-state index contributed by atoms with van der Waals surface area (Å²) in [6.07, 6.45) is 4.50. The molecule has 1 atom stereocenters. The molecular weight excluding hydrogens is 284 g/mol. The second kappa shape index (κ2) is 4.40. The Labute approximate surface area is 116 Å². The van der Waals surface area contributed by atoms with Gasteiger partial charge in [0.15, 0.2) is 0 Å². The number of fused-ring (bicyclic) bond motifs is 1. The Morgan fingerprint density at radius 3 is 2.44 bits per heavy atom.